The van der Waals surface area contributed by atoms with Crippen molar-refractivity contribution in [3.8, 4) is 5.82 Å². The van der Waals surface area contributed by atoms with Gasteiger partial charge in [-0.3, -0.25) is 14.2 Å². The number of carbonyl (C=O) groups excluding carboxylic acids is 2. The molecule has 0 bridgehead atoms. The van der Waals surface area contributed by atoms with Crippen LogP contribution in [0.3, 0.4) is 0 Å². The van der Waals surface area contributed by atoms with Gasteiger partial charge in [-0.15, -0.1) is 0 Å². The SMILES string of the molecule is CC(=O)Nc1ccc(-n2cnc(C(=O)N3CCOCC3)c2)nc1. The molecule has 1 aliphatic heterocycles. The first-order valence-electron chi connectivity index (χ1n) is 7.28. The zero-order valence-electron chi connectivity index (χ0n) is 12.7. The van der Waals surface area contributed by atoms with E-state index in [1.807, 2.05) is 0 Å². The second-order valence-corrected chi connectivity index (χ2v) is 5.16. The fourth-order valence-electron chi connectivity index (χ4n) is 2.30. The van der Waals surface area contributed by atoms with Gasteiger partial charge in [-0.1, -0.05) is 0 Å². The van der Waals surface area contributed by atoms with Crippen LogP contribution in [0, 0.1) is 0 Å². The fourth-order valence-corrected chi connectivity index (χ4v) is 2.30. The van der Waals surface area contributed by atoms with Crippen LogP contribution in [-0.2, 0) is 9.53 Å². The number of amides is 2. The number of hydrogen-bond acceptors (Lipinski definition) is 5. The molecule has 2 aromatic rings. The van der Waals surface area contributed by atoms with Crippen LogP contribution in [0.15, 0.2) is 30.9 Å². The minimum Gasteiger partial charge on any atom is -0.378 e. The third kappa shape index (κ3) is 3.54. The summed E-state index contributed by atoms with van der Waals surface area (Å²) in [5.74, 6) is 0.357. The Morgan fingerprint density at radius 1 is 1.22 bits per heavy atom. The van der Waals surface area contributed by atoms with Crippen molar-refractivity contribution >= 4 is 17.5 Å². The molecule has 3 heterocycles. The molecular weight excluding hydrogens is 298 g/mol. The number of anilines is 1. The van der Waals surface area contributed by atoms with Gasteiger partial charge in [0.25, 0.3) is 5.91 Å². The van der Waals surface area contributed by atoms with E-state index in [0.717, 1.165) is 0 Å². The molecule has 1 N–H and O–H groups in total. The maximum atomic E-state index is 12.3. The van der Waals surface area contributed by atoms with Crippen LogP contribution in [-0.4, -0.2) is 57.6 Å². The van der Waals surface area contributed by atoms with Gasteiger partial charge >= 0.3 is 0 Å². The van der Waals surface area contributed by atoms with Gasteiger partial charge in [-0.05, 0) is 12.1 Å². The molecule has 1 fully saturated rings. The van der Waals surface area contributed by atoms with Crippen molar-refractivity contribution in [2.24, 2.45) is 0 Å². The van der Waals surface area contributed by atoms with E-state index in [1.165, 1.54) is 6.92 Å². The number of imidazole rings is 1. The van der Waals surface area contributed by atoms with Crippen LogP contribution in [0.1, 0.15) is 17.4 Å². The summed E-state index contributed by atoms with van der Waals surface area (Å²) in [6.45, 7) is 3.70. The van der Waals surface area contributed by atoms with Gasteiger partial charge in [0.2, 0.25) is 5.91 Å². The standard InChI is InChI=1S/C15H17N5O3/c1-11(21)18-12-2-3-14(16-8-12)20-9-13(17-10-20)15(22)19-4-6-23-7-5-19/h2-3,8-10H,4-7H2,1H3,(H,18,21). The molecule has 0 aliphatic carbocycles. The molecule has 3 rings (SSSR count). The third-order valence-corrected chi connectivity index (χ3v) is 3.43. The summed E-state index contributed by atoms with van der Waals surface area (Å²) in [5, 5.41) is 2.65. The Bertz CT molecular complexity index is 704. The van der Waals surface area contributed by atoms with Crippen molar-refractivity contribution in [1.82, 2.24) is 19.4 Å². The summed E-state index contributed by atoms with van der Waals surface area (Å²) < 4.78 is 6.91. The van der Waals surface area contributed by atoms with Gasteiger partial charge < -0.3 is 15.0 Å². The molecule has 2 amide bonds. The summed E-state index contributed by atoms with van der Waals surface area (Å²) in [5.41, 5.74) is 0.991. The van der Waals surface area contributed by atoms with E-state index in [0.29, 0.717) is 43.5 Å². The largest absolute Gasteiger partial charge is 0.378 e. The first kappa shape index (κ1) is 15.2. The predicted molar refractivity (Wildman–Crippen MR) is 82.4 cm³/mol. The van der Waals surface area contributed by atoms with E-state index < -0.39 is 0 Å². The summed E-state index contributed by atoms with van der Waals surface area (Å²) in [6.07, 6.45) is 4.76. The second kappa shape index (κ2) is 6.57. The van der Waals surface area contributed by atoms with Crippen molar-refractivity contribution in [3.05, 3.63) is 36.5 Å². The quantitative estimate of drug-likeness (QED) is 0.900. The first-order chi connectivity index (χ1) is 11.1. The molecule has 8 heteroatoms. The monoisotopic (exact) mass is 315 g/mol. The van der Waals surface area contributed by atoms with Gasteiger partial charge in [0, 0.05) is 26.2 Å². The molecule has 0 spiro atoms. The summed E-state index contributed by atoms with van der Waals surface area (Å²) in [6, 6.07) is 3.49. The van der Waals surface area contributed by atoms with Crippen LogP contribution in [0.5, 0.6) is 0 Å². The molecule has 8 nitrogen and oxygen atoms in total. The minimum atomic E-state index is -0.152. The van der Waals surface area contributed by atoms with Crippen molar-refractivity contribution in [3.63, 3.8) is 0 Å². The minimum absolute atomic E-state index is 0.109. The average molecular weight is 315 g/mol. The number of pyridine rings is 1. The van der Waals surface area contributed by atoms with E-state index in [9.17, 15) is 9.59 Å². The van der Waals surface area contributed by atoms with E-state index in [2.05, 4.69) is 15.3 Å². The molecule has 0 aromatic carbocycles. The zero-order chi connectivity index (χ0) is 16.2. The maximum absolute atomic E-state index is 12.3. The molecular formula is C15H17N5O3. The molecule has 1 aliphatic rings. The zero-order valence-corrected chi connectivity index (χ0v) is 12.7. The summed E-state index contributed by atoms with van der Waals surface area (Å²) in [7, 11) is 0. The normalized spacial score (nSPS) is 14.6. The van der Waals surface area contributed by atoms with Crippen LogP contribution in [0.25, 0.3) is 5.82 Å². The fraction of sp³-hybridized carbons (Fsp3) is 0.333. The highest BCUT2D eigenvalue weighted by molar-refractivity contribution is 5.92. The Morgan fingerprint density at radius 2 is 2.00 bits per heavy atom. The van der Waals surface area contributed by atoms with Crippen molar-refractivity contribution in [2.75, 3.05) is 31.6 Å². The number of morpholine rings is 1. The Kier molecular flexibility index (Phi) is 4.33. The topological polar surface area (TPSA) is 89.4 Å². The average Bonchev–Trinajstić information content (AvgIpc) is 3.05. The Hall–Kier alpha value is -2.74. The van der Waals surface area contributed by atoms with E-state index in [1.54, 1.807) is 40.3 Å². The van der Waals surface area contributed by atoms with E-state index in [4.69, 9.17) is 4.74 Å². The van der Waals surface area contributed by atoms with Crippen LogP contribution in [0.2, 0.25) is 0 Å². The van der Waals surface area contributed by atoms with Crippen LogP contribution < -0.4 is 5.32 Å². The van der Waals surface area contributed by atoms with Gasteiger partial charge in [0.15, 0.2) is 0 Å². The number of ether oxygens (including phenoxy) is 1. The lowest BCUT2D eigenvalue weighted by atomic mass is 10.3. The first-order valence-corrected chi connectivity index (χ1v) is 7.28. The molecule has 0 saturated carbocycles. The number of aromatic nitrogens is 3. The molecule has 120 valence electrons. The lowest BCUT2D eigenvalue weighted by Crippen LogP contribution is -2.40. The number of nitrogens with zero attached hydrogens (tertiary/aromatic N) is 4. The number of nitrogens with one attached hydrogen (secondary N) is 1. The van der Waals surface area contributed by atoms with Crippen molar-refractivity contribution in [2.45, 2.75) is 6.92 Å². The molecule has 0 unspecified atom stereocenters. The van der Waals surface area contributed by atoms with E-state index >= 15 is 0 Å². The predicted octanol–water partition coefficient (Wildman–Crippen LogP) is 0.698. The number of hydrogen-bond donors (Lipinski definition) is 1. The van der Waals surface area contributed by atoms with Gasteiger partial charge in [0.05, 0.1) is 25.1 Å². The number of carbonyl (C=O) groups is 2. The van der Waals surface area contributed by atoms with Gasteiger partial charge in [0.1, 0.15) is 17.8 Å². The Balaban J connectivity index is 1.73. The Labute approximate surface area is 133 Å². The molecule has 0 atom stereocenters. The summed E-state index contributed by atoms with van der Waals surface area (Å²) >= 11 is 0. The van der Waals surface area contributed by atoms with Crippen LogP contribution in [0.4, 0.5) is 5.69 Å². The van der Waals surface area contributed by atoms with Crippen LogP contribution >= 0.6 is 0 Å². The highest BCUT2D eigenvalue weighted by Crippen LogP contribution is 2.12. The molecule has 2 aromatic heterocycles. The van der Waals surface area contributed by atoms with Gasteiger partial charge in [-0.25, -0.2) is 9.97 Å². The number of rotatable bonds is 3. The highest BCUT2D eigenvalue weighted by atomic mass is 16.5. The maximum Gasteiger partial charge on any atom is 0.274 e. The highest BCUT2D eigenvalue weighted by Gasteiger charge is 2.20. The second-order valence-electron chi connectivity index (χ2n) is 5.16. The van der Waals surface area contributed by atoms with Crippen molar-refractivity contribution < 1.29 is 14.3 Å². The van der Waals surface area contributed by atoms with Crippen molar-refractivity contribution in [1.29, 1.82) is 0 Å². The Morgan fingerprint density at radius 3 is 2.65 bits per heavy atom. The van der Waals surface area contributed by atoms with Gasteiger partial charge in [-0.2, -0.15) is 0 Å². The molecule has 1 saturated heterocycles. The van der Waals surface area contributed by atoms with E-state index in [-0.39, 0.29) is 11.8 Å². The smallest absolute Gasteiger partial charge is 0.274 e. The lowest BCUT2D eigenvalue weighted by Gasteiger charge is -2.25. The third-order valence-electron chi connectivity index (χ3n) is 3.43. The molecule has 0 radical (unpaired) electrons. The summed E-state index contributed by atoms with van der Waals surface area (Å²) in [4.78, 5) is 33.5. The lowest BCUT2D eigenvalue weighted by molar-refractivity contribution is -0.114. The molecule has 23 heavy (non-hydrogen) atoms.